The van der Waals surface area contributed by atoms with E-state index in [-0.39, 0.29) is 0 Å². The summed E-state index contributed by atoms with van der Waals surface area (Å²) in [5.74, 6) is 2.03. The smallest absolute Gasteiger partial charge is 0.166 e. The van der Waals surface area contributed by atoms with Crippen LogP contribution in [0.3, 0.4) is 0 Å². The molecule has 1 aliphatic rings. The van der Waals surface area contributed by atoms with Crippen LogP contribution in [-0.2, 0) is 19.6 Å². The fourth-order valence-electron chi connectivity index (χ4n) is 2.63. The maximum Gasteiger partial charge on any atom is 0.166 e. The molecule has 1 aromatic carbocycles. The van der Waals surface area contributed by atoms with Crippen LogP contribution in [0.4, 0.5) is 0 Å². The summed E-state index contributed by atoms with van der Waals surface area (Å²) >= 11 is 0. The zero-order valence-corrected chi connectivity index (χ0v) is 12.6. The Morgan fingerprint density at radius 2 is 2.00 bits per heavy atom. The Labute approximate surface area is 125 Å². The van der Waals surface area contributed by atoms with Crippen LogP contribution in [0.1, 0.15) is 42.5 Å². The van der Waals surface area contributed by atoms with Gasteiger partial charge in [-0.15, -0.1) is 0 Å². The van der Waals surface area contributed by atoms with E-state index in [1.807, 2.05) is 30.3 Å². The van der Waals surface area contributed by atoms with E-state index < -0.39 is 0 Å². The third-order valence-electron chi connectivity index (χ3n) is 3.67. The standard InChI is InChI=1S/C17H21N3O/c1-12(2)17-14-10-18-9-8-15(14)19-16(20-17)11-21-13-6-4-3-5-7-13/h3-7,12,18H,8-11H2,1-2H3. The number of para-hydroxylation sites is 1. The lowest BCUT2D eigenvalue weighted by molar-refractivity contribution is 0.294. The average Bonchev–Trinajstić information content (AvgIpc) is 2.53. The SMILES string of the molecule is CC(C)c1nc(COc2ccccc2)nc2c1CNCC2. The molecule has 0 aliphatic carbocycles. The lowest BCUT2D eigenvalue weighted by Gasteiger charge is -2.21. The predicted molar refractivity (Wildman–Crippen MR) is 82.3 cm³/mol. The van der Waals surface area contributed by atoms with Gasteiger partial charge >= 0.3 is 0 Å². The van der Waals surface area contributed by atoms with Gasteiger partial charge in [-0.1, -0.05) is 32.0 Å². The fourth-order valence-corrected chi connectivity index (χ4v) is 2.63. The number of nitrogens with one attached hydrogen (secondary N) is 1. The van der Waals surface area contributed by atoms with Crippen molar-refractivity contribution in [1.82, 2.24) is 15.3 Å². The molecule has 0 saturated heterocycles. The molecule has 110 valence electrons. The van der Waals surface area contributed by atoms with Crippen LogP contribution in [0.15, 0.2) is 30.3 Å². The van der Waals surface area contributed by atoms with Crippen molar-refractivity contribution in [2.24, 2.45) is 0 Å². The topological polar surface area (TPSA) is 47.0 Å². The second-order valence-corrected chi connectivity index (χ2v) is 5.63. The van der Waals surface area contributed by atoms with Gasteiger partial charge in [-0.3, -0.25) is 0 Å². The minimum atomic E-state index is 0.400. The molecule has 4 nitrogen and oxygen atoms in total. The van der Waals surface area contributed by atoms with Gasteiger partial charge in [-0.05, 0) is 18.1 Å². The van der Waals surface area contributed by atoms with Gasteiger partial charge in [0.25, 0.3) is 0 Å². The second kappa shape index (κ2) is 6.22. The quantitative estimate of drug-likeness (QED) is 0.937. The lowest BCUT2D eigenvalue weighted by atomic mass is 9.98. The molecule has 0 saturated carbocycles. The van der Waals surface area contributed by atoms with Crippen molar-refractivity contribution in [3.8, 4) is 5.75 Å². The Morgan fingerprint density at radius 3 is 2.76 bits per heavy atom. The summed E-state index contributed by atoms with van der Waals surface area (Å²) in [6, 6.07) is 9.81. The first-order valence-electron chi connectivity index (χ1n) is 7.51. The van der Waals surface area contributed by atoms with Crippen molar-refractivity contribution < 1.29 is 4.74 Å². The van der Waals surface area contributed by atoms with E-state index in [2.05, 4.69) is 19.2 Å². The van der Waals surface area contributed by atoms with Crippen molar-refractivity contribution in [3.05, 3.63) is 53.1 Å². The van der Waals surface area contributed by atoms with Crippen molar-refractivity contribution in [3.63, 3.8) is 0 Å². The molecule has 0 atom stereocenters. The molecule has 0 radical (unpaired) electrons. The molecule has 21 heavy (non-hydrogen) atoms. The molecule has 2 heterocycles. The summed E-state index contributed by atoms with van der Waals surface area (Å²) < 4.78 is 5.78. The van der Waals surface area contributed by atoms with Gasteiger partial charge < -0.3 is 10.1 Å². The molecule has 1 N–H and O–H groups in total. The molecule has 0 unspecified atom stereocenters. The van der Waals surface area contributed by atoms with E-state index >= 15 is 0 Å². The number of ether oxygens (including phenoxy) is 1. The highest BCUT2D eigenvalue weighted by molar-refractivity contribution is 5.30. The molecule has 0 fully saturated rings. The minimum Gasteiger partial charge on any atom is -0.486 e. The summed E-state index contributed by atoms with van der Waals surface area (Å²) in [5, 5.41) is 3.40. The van der Waals surface area contributed by atoms with E-state index in [0.29, 0.717) is 12.5 Å². The van der Waals surface area contributed by atoms with Gasteiger partial charge in [0.05, 0.1) is 11.4 Å². The molecular weight excluding hydrogens is 262 g/mol. The first-order chi connectivity index (χ1) is 10.2. The third kappa shape index (κ3) is 3.22. The molecule has 0 bridgehead atoms. The van der Waals surface area contributed by atoms with Crippen LogP contribution in [0.25, 0.3) is 0 Å². The molecule has 1 aromatic heterocycles. The zero-order chi connectivity index (χ0) is 14.7. The molecule has 1 aliphatic heterocycles. The van der Waals surface area contributed by atoms with E-state index in [9.17, 15) is 0 Å². The van der Waals surface area contributed by atoms with E-state index in [0.717, 1.165) is 36.8 Å². The highest BCUT2D eigenvalue weighted by Crippen LogP contribution is 2.23. The number of aromatic nitrogens is 2. The molecule has 3 rings (SSSR count). The van der Waals surface area contributed by atoms with Crippen LogP contribution in [0.2, 0.25) is 0 Å². The predicted octanol–water partition coefficient (Wildman–Crippen LogP) is 2.82. The van der Waals surface area contributed by atoms with Crippen LogP contribution < -0.4 is 10.1 Å². The monoisotopic (exact) mass is 283 g/mol. The Morgan fingerprint density at radius 1 is 1.19 bits per heavy atom. The largest absolute Gasteiger partial charge is 0.486 e. The number of fused-ring (bicyclic) bond motifs is 1. The first-order valence-corrected chi connectivity index (χ1v) is 7.51. The third-order valence-corrected chi connectivity index (χ3v) is 3.67. The Balaban J connectivity index is 1.84. The van der Waals surface area contributed by atoms with Crippen LogP contribution in [0.5, 0.6) is 5.75 Å². The van der Waals surface area contributed by atoms with Crippen molar-refractivity contribution in [1.29, 1.82) is 0 Å². The van der Waals surface area contributed by atoms with Crippen LogP contribution in [-0.4, -0.2) is 16.5 Å². The zero-order valence-electron chi connectivity index (χ0n) is 12.6. The van der Waals surface area contributed by atoms with Gasteiger partial charge in [0.1, 0.15) is 12.4 Å². The van der Waals surface area contributed by atoms with Crippen molar-refractivity contribution in [2.75, 3.05) is 6.54 Å². The fraction of sp³-hybridized carbons (Fsp3) is 0.412. The van der Waals surface area contributed by atoms with Gasteiger partial charge in [0.15, 0.2) is 5.82 Å². The lowest BCUT2D eigenvalue weighted by Crippen LogP contribution is -2.27. The van der Waals surface area contributed by atoms with E-state index in [1.54, 1.807) is 0 Å². The number of rotatable bonds is 4. The van der Waals surface area contributed by atoms with Crippen molar-refractivity contribution >= 4 is 0 Å². The maximum atomic E-state index is 5.78. The Kier molecular flexibility index (Phi) is 4.15. The number of hydrogen-bond donors (Lipinski definition) is 1. The van der Waals surface area contributed by atoms with E-state index in [4.69, 9.17) is 14.7 Å². The number of hydrogen-bond acceptors (Lipinski definition) is 4. The average molecular weight is 283 g/mol. The molecule has 0 amide bonds. The summed E-state index contributed by atoms with van der Waals surface area (Å²) in [7, 11) is 0. The summed E-state index contributed by atoms with van der Waals surface area (Å²) in [4.78, 5) is 9.42. The minimum absolute atomic E-state index is 0.400. The maximum absolute atomic E-state index is 5.78. The van der Waals surface area contributed by atoms with Crippen LogP contribution >= 0.6 is 0 Å². The van der Waals surface area contributed by atoms with Crippen molar-refractivity contribution in [2.45, 2.75) is 39.3 Å². The van der Waals surface area contributed by atoms with Gasteiger partial charge in [0, 0.05) is 25.1 Å². The van der Waals surface area contributed by atoms with Gasteiger partial charge in [-0.2, -0.15) is 0 Å². The summed E-state index contributed by atoms with van der Waals surface area (Å²) in [5.41, 5.74) is 3.61. The molecule has 0 spiro atoms. The van der Waals surface area contributed by atoms with E-state index in [1.165, 1.54) is 11.3 Å². The molecule has 2 aromatic rings. The number of benzene rings is 1. The highest BCUT2D eigenvalue weighted by Gasteiger charge is 2.19. The first kappa shape index (κ1) is 14.0. The highest BCUT2D eigenvalue weighted by atomic mass is 16.5. The summed E-state index contributed by atoms with van der Waals surface area (Å²) in [6.07, 6.45) is 0.968. The normalized spacial score (nSPS) is 14.0. The second-order valence-electron chi connectivity index (χ2n) is 5.63. The van der Waals surface area contributed by atoms with Gasteiger partial charge in [-0.25, -0.2) is 9.97 Å². The summed E-state index contributed by atoms with van der Waals surface area (Å²) in [6.45, 7) is 6.64. The Bertz CT molecular complexity index is 611. The molecule has 4 heteroatoms. The molecular formula is C17H21N3O. The Hall–Kier alpha value is -1.94. The van der Waals surface area contributed by atoms with Gasteiger partial charge in [0.2, 0.25) is 0 Å². The van der Waals surface area contributed by atoms with Crippen LogP contribution in [0, 0.1) is 0 Å². The number of nitrogens with zero attached hydrogens (tertiary/aromatic N) is 2.